The molecule has 2 aromatic carbocycles. The molecule has 0 bridgehead atoms. The molecular formula is C17H16F6N4O. The molecule has 0 atom stereocenters. The lowest BCUT2D eigenvalue weighted by molar-refractivity contribution is -0.274. The number of anilines is 2. The highest BCUT2D eigenvalue weighted by Gasteiger charge is 2.31. The van der Waals surface area contributed by atoms with Gasteiger partial charge in [-0.2, -0.15) is 13.2 Å². The standard InChI is InChI=1S/C17H16F6N4O/c1-27(13-6-2-11(3-7-13)16(18,19)20)15(24)26-10-25-12-4-8-14(9-5-12)28-17(21,22)23/h2-9,25H,10H2,1H3,(H2,24,26). The molecule has 0 spiro atoms. The average Bonchev–Trinajstić information content (AvgIpc) is 2.60. The van der Waals surface area contributed by atoms with Crippen LogP contribution in [0, 0.1) is 0 Å². The van der Waals surface area contributed by atoms with Crippen molar-refractivity contribution in [1.82, 2.24) is 0 Å². The Labute approximate surface area is 156 Å². The molecule has 0 saturated heterocycles. The molecule has 0 saturated carbocycles. The van der Waals surface area contributed by atoms with E-state index in [9.17, 15) is 26.3 Å². The van der Waals surface area contributed by atoms with Crippen LogP contribution in [0.1, 0.15) is 5.56 Å². The SMILES string of the molecule is CN(C(N)=NCNc1ccc(OC(F)(F)F)cc1)c1ccc(C(F)(F)F)cc1. The van der Waals surface area contributed by atoms with Crippen molar-refractivity contribution in [3.8, 4) is 5.75 Å². The number of nitrogens with two attached hydrogens (primary N) is 1. The number of hydrogen-bond donors (Lipinski definition) is 2. The van der Waals surface area contributed by atoms with Crippen molar-refractivity contribution in [2.24, 2.45) is 10.7 Å². The fraction of sp³-hybridized carbons (Fsp3) is 0.235. The van der Waals surface area contributed by atoms with Crippen LogP contribution in [0.4, 0.5) is 37.7 Å². The second kappa shape index (κ2) is 8.28. The van der Waals surface area contributed by atoms with E-state index in [4.69, 9.17) is 5.73 Å². The molecule has 0 aliphatic carbocycles. The average molecular weight is 406 g/mol. The van der Waals surface area contributed by atoms with E-state index < -0.39 is 18.1 Å². The Morgan fingerprint density at radius 3 is 2.07 bits per heavy atom. The number of rotatable bonds is 5. The Morgan fingerprint density at radius 2 is 1.57 bits per heavy atom. The first kappa shape index (κ1) is 21.2. The Bertz CT molecular complexity index is 800. The topological polar surface area (TPSA) is 62.9 Å². The maximum absolute atomic E-state index is 12.6. The number of benzene rings is 2. The van der Waals surface area contributed by atoms with Crippen LogP contribution in [0.5, 0.6) is 5.75 Å². The zero-order chi connectivity index (χ0) is 20.9. The Hall–Kier alpha value is -3.11. The van der Waals surface area contributed by atoms with Gasteiger partial charge in [0.25, 0.3) is 0 Å². The molecule has 0 aromatic heterocycles. The lowest BCUT2D eigenvalue weighted by atomic mass is 10.2. The Morgan fingerprint density at radius 1 is 1.00 bits per heavy atom. The van der Waals surface area contributed by atoms with Gasteiger partial charge in [0.15, 0.2) is 5.96 Å². The first-order chi connectivity index (χ1) is 13.0. The highest BCUT2D eigenvalue weighted by molar-refractivity contribution is 5.94. The van der Waals surface area contributed by atoms with E-state index in [0.29, 0.717) is 11.4 Å². The smallest absolute Gasteiger partial charge is 0.406 e. The molecule has 28 heavy (non-hydrogen) atoms. The highest BCUT2D eigenvalue weighted by atomic mass is 19.4. The molecule has 0 amide bonds. The summed E-state index contributed by atoms with van der Waals surface area (Å²) < 4.78 is 77.8. The summed E-state index contributed by atoms with van der Waals surface area (Å²) in [4.78, 5) is 5.42. The summed E-state index contributed by atoms with van der Waals surface area (Å²) in [5.41, 5.74) is 5.90. The van der Waals surface area contributed by atoms with E-state index >= 15 is 0 Å². The lowest BCUT2D eigenvalue weighted by Gasteiger charge is -2.19. The summed E-state index contributed by atoms with van der Waals surface area (Å²) in [6, 6.07) is 9.40. The number of aliphatic imine (C=N–C) groups is 1. The fourth-order valence-electron chi connectivity index (χ4n) is 2.10. The summed E-state index contributed by atoms with van der Waals surface area (Å²) in [5.74, 6) is -0.326. The van der Waals surface area contributed by atoms with Crippen LogP contribution in [-0.2, 0) is 6.18 Å². The van der Waals surface area contributed by atoms with Gasteiger partial charge in [-0.25, -0.2) is 4.99 Å². The third-order valence-electron chi connectivity index (χ3n) is 3.54. The van der Waals surface area contributed by atoms with E-state index in [0.717, 1.165) is 24.3 Å². The number of ether oxygens (including phenoxy) is 1. The van der Waals surface area contributed by atoms with Crippen molar-refractivity contribution in [3.63, 3.8) is 0 Å². The number of halogens is 6. The maximum Gasteiger partial charge on any atom is 0.573 e. The summed E-state index contributed by atoms with van der Waals surface area (Å²) in [5, 5.41) is 2.82. The van der Waals surface area contributed by atoms with Gasteiger partial charge >= 0.3 is 12.5 Å². The molecule has 0 fully saturated rings. The predicted molar refractivity (Wildman–Crippen MR) is 93.1 cm³/mol. The van der Waals surface area contributed by atoms with Crippen molar-refractivity contribution in [2.75, 3.05) is 23.9 Å². The second-order valence-electron chi connectivity index (χ2n) is 5.53. The zero-order valence-electron chi connectivity index (χ0n) is 14.5. The van der Waals surface area contributed by atoms with Gasteiger partial charge in [0, 0.05) is 18.4 Å². The van der Waals surface area contributed by atoms with Gasteiger partial charge in [0.2, 0.25) is 0 Å². The summed E-state index contributed by atoms with van der Waals surface area (Å²) >= 11 is 0. The molecule has 152 valence electrons. The molecule has 0 radical (unpaired) electrons. The summed E-state index contributed by atoms with van der Waals surface area (Å²) in [6.07, 6.45) is -9.20. The van der Waals surface area contributed by atoms with E-state index in [1.165, 1.54) is 36.2 Å². The number of nitrogens with zero attached hydrogens (tertiary/aromatic N) is 2. The monoisotopic (exact) mass is 406 g/mol. The molecule has 3 N–H and O–H groups in total. The van der Waals surface area contributed by atoms with E-state index in [1.807, 2.05) is 0 Å². The number of alkyl halides is 6. The molecular weight excluding hydrogens is 390 g/mol. The molecule has 0 unspecified atom stereocenters. The van der Waals surface area contributed by atoms with Crippen molar-refractivity contribution >= 4 is 17.3 Å². The van der Waals surface area contributed by atoms with Gasteiger partial charge in [-0.05, 0) is 48.5 Å². The molecule has 5 nitrogen and oxygen atoms in total. The first-order valence-corrected chi connectivity index (χ1v) is 7.76. The molecule has 11 heteroatoms. The van der Waals surface area contributed by atoms with Gasteiger partial charge in [-0.3, -0.25) is 0 Å². The van der Waals surface area contributed by atoms with Crippen LogP contribution in [0.2, 0.25) is 0 Å². The van der Waals surface area contributed by atoms with Crippen LogP contribution in [0.15, 0.2) is 53.5 Å². The van der Waals surface area contributed by atoms with Crippen LogP contribution < -0.4 is 20.7 Å². The first-order valence-electron chi connectivity index (χ1n) is 7.76. The summed E-state index contributed by atoms with van der Waals surface area (Å²) in [6.45, 7) is -0.00369. The van der Waals surface area contributed by atoms with Crippen LogP contribution >= 0.6 is 0 Å². The lowest BCUT2D eigenvalue weighted by Crippen LogP contribution is -2.34. The van der Waals surface area contributed by atoms with E-state index in [-0.39, 0.29) is 18.4 Å². The van der Waals surface area contributed by atoms with Crippen molar-refractivity contribution in [1.29, 1.82) is 0 Å². The maximum atomic E-state index is 12.6. The fourth-order valence-corrected chi connectivity index (χ4v) is 2.10. The largest absolute Gasteiger partial charge is 0.573 e. The van der Waals surface area contributed by atoms with Crippen LogP contribution in [0.25, 0.3) is 0 Å². The predicted octanol–water partition coefficient (Wildman–Crippen LogP) is 4.42. The van der Waals surface area contributed by atoms with Crippen LogP contribution in [-0.4, -0.2) is 26.0 Å². The highest BCUT2D eigenvalue weighted by Crippen LogP contribution is 2.30. The van der Waals surface area contributed by atoms with E-state index in [2.05, 4.69) is 15.0 Å². The minimum Gasteiger partial charge on any atom is -0.406 e. The quantitative estimate of drug-likeness (QED) is 0.438. The van der Waals surface area contributed by atoms with Crippen molar-refractivity contribution in [3.05, 3.63) is 54.1 Å². The second-order valence-corrected chi connectivity index (χ2v) is 5.53. The third-order valence-corrected chi connectivity index (χ3v) is 3.54. The van der Waals surface area contributed by atoms with Gasteiger partial charge in [-0.1, -0.05) is 0 Å². The number of guanidine groups is 1. The minimum absolute atomic E-state index is 0.00369. The molecule has 2 rings (SSSR count). The Kier molecular flexibility index (Phi) is 6.26. The summed E-state index contributed by atoms with van der Waals surface area (Å²) in [7, 11) is 1.53. The van der Waals surface area contributed by atoms with Gasteiger partial charge in [-0.15, -0.1) is 13.2 Å². The third kappa shape index (κ3) is 6.25. The normalized spacial score (nSPS) is 12.6. The number of hydrogen-bond acceptors (Lipinski definition) is 3. The van der Waals surface area contributed by atoms with Crippen LogP contribution in [0.3, 0.4) is 0 Å². The van der Waals surface area contributed by atoms with Gasteiger partial charge in [0.1, 0.15) is 12.4 Å². The van der Waals surface area contributed by atoms with Gasteiger partial charge in [0.05, 0.1) is 5.56 Å². The number of nitrogens with one attached hydrogen (secondary N) is 1. The van der Waals surface area contributed by atoms with Crippen molar-refractivity contribution < 1.29 is 31.1 Å². The molecule has 0 aliphatic rings. The van der Waals surface area contributed by atoms with E-state index in [1.54, 1.807) is 0 Å². The zero-order valence-corrected chi connectivity index (χ0v) is 14.5. The molecule has 0 heterocycles. The van der Waals surface area contributed by atoms with Gasteiger partial charge < -0.3 is 20.7 Å². The molecule has 2 aromatic rings. The Balaban J connectivity index is 1.93. The van der Waals surface area contributed by atoms with Crippen molar-refractivity contribution in [2.45, 2.75) is 12.5 Å². The molecule has 0 aliphatic heterocycles. The minimum atomic E-state index is -4.77.